The Morgan fingerprint density at radius 1 is 1.29 bits per heavy atom. The Kier molecular flexibility index (Phi) is 4.29. The van der Waals surface area contributed by atoms with Crippen LogP contribution in [0.25, 0.3) is 0 Å². The summed E-state index contributed by atoms with van der Waals surface area (Å²) in [5, 5.41) is 11.5. The van der Waals surface area contributed by atoms with Crippen molar-refractivity contribution in [2.24, 2.45) is 17.8 Å². The zero-order chi connectivity index (χ0) is 15.7. The molecule has 0 aromatic carbocycles. The first-order chi connectivity index (χ1) is 9.85. The smallest absolute Gasteiger partial charge is 0.307 e. The molecule has 7 nitrogen and oxygen atoms in total. The Labute approximate surface area is 122 Å². The molecule has 0 aromatic heterocycles. The third-order valence-corrected chi connectivity index (χ3v) is 4.58. The van der Waals surface area contributed by atoms with Crippen LogP contribution < -0.4 is 5.32 Å². The molecule has 21 heavy (non-hydrogen) atoms. The first-order valence-electron chi connectivity index (χ1n) is 7.22. The fourth-order valence-corrected chi connectivity index (χ4v) is 3.22. The first kappa shape index (κ1) is 15.5. The largest absolute Gasteiger partial charge is 0.481 e. The molecule has 0 spiro atoms. The summed E-state index contributed by atoms with van der Waals surface area (Å²) in [6.07, 6.45) is 1.80. The summed E-state index contributed by atoms with van der Waals surface area (Å²) in [5.41, 5.74) is 0. The summed E-state index contributed by atoms with van der Waals surface area (Å²) in [7, 11) is 0. The number of hydrogen-bond acceptors (Lipinski definition) is 4. The molecule has 1 saturated heterocycles. The second-order valence-corrected chi connectivity index (χ2v) is 5.85. The Hall–Kier alpha value is -1.92. The van der Waals surface area contributed by atoms with Crippen molar-refractivity contribution in [2.75, 3.05) is 6.54 Å². The minimum atomic E-state index is -0.982. The standard InChI is InChI=1S/C14H20N2O5/c1-3-8-4-9(10(5-8)14(20)21)13(19)16-6-11(17)15-12(18)7(16)2/h7-10H,3-6H2,1-2H3,(H,20,21)(H,15,17,18). The maximum absolute atomic E-state index is 12.6. The molecule has 1 heterocycles. The van der Waals surface area contributed by atoms with Crippen LogP contribution in [0, 0.1) is 17.8 Å². The molecule has 4 atom stereocenters. The highest BCUT2D eigenvalue weighted by molar-refractivity contribution is 6.04. The highest BCUT2D eigenvalue weighted by atomic mass is 16.4. The number of aliphatic carboxylic acids is 1. The molecule has 2 aliphatic rings. The van der Waals surface area contributed by atoms with Crippen LogP contribution in [0.2, 0.25) is 0 Å². The topological polar surface area (TPSA) is 104 Å². The average Bonchev–Trinajstić information content (AvgIpc) is 2.86. The van der Waals surface area contributed by atoms with Crippen LogP contribution in [0.5, 0.6) is 0 Å². The molecule has 0 radical (unpaired) electrons. The van der Waals surface area contributed by atoms with E-state index in [0.29, 0.717) is 12.8 Å². The third kappa shape index (κ3) is 2.91. The van der Waals surface area contributed by atoms with Gasteiger partial charge in [0.15, 0.2) is 0 Å². The maximum Gasteiger partial charge on any atom is 0.307 e. The van der Waals surface area contributed by atoms with E-state index in [-0.39, 0.29) is 12.5 Å². The number of carboxylic acids is 1. The second-order valence-electron chi connectivity index (χ2n) is 5.85. The predicted octanol–water partition coefficient (Wildman–Crippen LogP) is -0.00310. The van der Waals surface area contributed by atoms with Gasteiger partial charge in [0, 0.05) is 0 Å². The fraction of sp³-hybridized carbons (Fsp3) is 0.714. The van der Waals surface area contributed by atoms with E-state index in [1.807, 2.05) is 6.92 Å². The van der Waals surface area contributed by atoms with E-state index in [0.717, 1.165) is 6.42 Å². The normalized spacial score (nSPS) is 33.0. The van der Waals surface area contributed by atoms with Crippen LogP contribution in [0.15, 0.2) is 0 Å². The third-order valence-electron chi connectivity index (χ3n) is 4.58. The molecular formula is C14H20N2O5. The van der Waals surface area contributed by atoms with Crippen LogP contribution in [0.4, 0.5) is 0 Å². The van der Waals surface area contributed by atoms with E-state index >= 15 is 0 Å². The lowest BCUT2D eigenvalue weighted by molar-refractivity contribution is -0.155. The number of carbonyl (C=O) groups is 4. The quantitative estimate of drug-likeness (QED) is 0.713. The van der Waals surface area contributed by atoms with Gasteiger partial charge in [0.2, 0.25) is 17.7 Å². The van der Waals surface area contributed by atoms with Crippen molar-refractivity contribution in [3.63, 3.8) is 0 Å². The van der Waals surface area contributed by atoms with E-state index in [4.69, 9.17) is 0 Å². The van der Waals surface area contributed by atoms with Crippen molar-refractivity contribution in [3.05, 3.63) is 0 Å². The summed E-state index contributed by atoms with van der Waals surface area (Å²) < 4.78 is 0. The van der Waals surface area contributed by atoms with Gasteiger partial charge in [-0.1, -0.05) is 13.3 Å². The van der Waals surface area contributed by atoms with E-state index in [1.165, 1.54) is 4.90 Å². The summed E-state index contributed by atoms with van der Waals surface area (Å²) in [4.78, 5) is 48.2. The second kappa shape index (κ2) is 5.83. The van der Waals surface area contributed by atoms with Crippen molar-refractivity contribution in [1.82, 2.24) is 10.2 Å². The van der Waals surface area contributed by atoms with Crippen LogP contribution in [0.1, 0.15) is 33.1 Å². The SMILES string of the molecule is CCC1CC(C(=O)O)C(C(=O)N2CC(=O)NC(=O)C2C)C1. The molecule has 0 bridgehead atoms. The van der Waals surface area contributed by atoms with E-state index in [9.17, 15) is 24.3 Å². The van der Waals surface area contributed by atoms with Gasteiger partial charge >= 0.3 is 5.97 Å². The zero-order valence-electron chi connectivity index (χ0n) is 12.2. The lowest BCUT2D eigenvalue weighted by Gasteiger charge is -2.34. The molecule has 0 aromatic rings. The molecule has 2 rings (SSSR count). The van der Waals surface area contributed by atoms with Gasteiger partial charge in [-0.25, -0.2) is 0 Å². The average molecular weight is 296 g/mol. The van der Waals surface area contributed by atoms with Crippen LogP contribution in [0.3, 0.4) is 0 Å². The van der Waals surface area contributed by atoms with Gasteiger partial charge in [-0.2, -0.15) is 0 Å². The Morgan fingerprint density at radius 2 is 1.90 bits per heavy atom. The number of carboxylic acid groups (broad SMARTS) is 1. The molecule has 1 saturated carbocycles. The molecule has 7 heteroatoms. The number of amides is 3. The van der Waals surface area contributed by atoms with Gasteiger partial charge in [0.05, 0.1) is 11.8 Å². The Balaban J connectivity index is 2.19. The number of piperazine rings is 1. The maximum atomic E-state index is 12.6. The van der Waals surface area contributed by atoms with Gasteiger partial charge in [0.25, 0.3) is 0 Å². The van der Waals surface area contributed by atoms with Gasteiger partial charge in [-0.05, 0) is 25.7 Å². The molecule has 1 aliphatic heterocycles. The van der Waals surface area contributed by atoms with E-state index < -0.39 is 41.6 Å². The molecule has 4 unspecified atom stereocenters. The Morgan fingerprint density at radius 3 is 2.48 bits per heavy atom. The van der Waals surface area contributed by atoms with Crippen molar-refractivity contribution in [2.45, 2.75) is 39.2 Å². The van der Waals surface area contributed by atoms with Crippen molar-refractivity contribution >= 4 is 23.7 Å². The highest BCUT2D eigenvalue weighted by Gasteiger charge is 2.46. The highest BCUT2D eigenvalue weighted by Crippen LogP contribution is 2.39. The fourth-order valence-electron chi connectivity index (χ4n) is 3.22. The number of imide groups is 1. The van der Waals surface area contributed by atoms with Gasteiger partial charge in [-0.3, -0.25) is 24.5 Å². The number of rotatable bonds is 3. The number of nitrogens with one attached hydrogen (secondary N) is 1. The molecular weight excluding hydrogens is 276 g/mol. The summed E-state index contributed by atoms with van der Waals surface area (Å²) in [5.74, 6) is -3.59. The lowest BCUT2D eigenvalue weighted by Crippen LogP contribution is -2.60. The number of nitrogens with zero attached hydrogens (tertiary/aromatic N) is 1. The van der Waals surface area contributed by atoms with E-state index in [2.05, 4.69) is 5.32 Å². The van der Waals surface area contributed by atoms with Gasteiger partial charge < -0.3 is 10.0 Å². The monoisotopic (exact) mass is 296 g/mol. The minimum absolute atomic E-state index is 0.189. The van der Waals surface area contributed by atoms with Gasteiger partial charge in [0.1, 0.15) is 12.6 Å². The van der Waals surface area contributed by atoms with Gasteiger partial charge in [-0.15, -0.1) is 0 Å². The summed E-state index contributed by atoms with van der Waals surface area (Å²) >= 11 is 0. The first-order valence-corrected chi connectivity index (χ1v) is 7.22. The molecule has 1 aliphatic carbocycles. The summed E-state index contributed by atoms with van der Waals surface area (Å²) in [6.45, 7) is 3.32. The summed E-state index contributed by atoms with van der Waals surface area (Å²) in [6, 6.07) is -0.745. The van der Waals surface area contributed by atoms with Crippen molar-refractivity contribution in [3.8, 4) is 0 Å². The van der Waals surface area contributed by atoms with E-state index in [1.54, 1.807) is 6.92 Å². The predicted molar refractivity (Wildman–Crippen MR) is 72.0 cm³/mol. The van der Waals surface area contributed by atoms with Crippen LogP contribution in [-0.4, -0.2) is 46.3 Å². The lowest BCUT2D eigenvalue weighted by atomic mass is 9.93. The van der Waals surface area contributed by atoms with Crippen molar-refractivity contribution in [1.29, 1.82) is 0 Å². The molecule has 2 N–H and O–H groups in total. The Bertz CT molecular complexity index is 490. The zero-order valence-corrected chi connectivity index (χ0v) is 12.2. The van der Waals surface area contributed by atoms with Crippen LogP contribution >= 0.6 is 0 Å². The van der Waals surface area contributed by atoms with Crippen LogP contribution in [-0.2, 0) is 19.2 Å². The number of hydrogen-bond donors (Lipinski definition) is 2. The molecule has 116 valence electrons. The molecule has 2 fully saturated rings. The number of carbonyl (C=O) groups excluding carboxylic acids is 3. The van der Waals surface area contributed by atoms with Crippen molar-refractivity contribution < 1.29 is 24.3 Å². The minimum Gasteiger partial charge on any atom is -0.481 e. The molecule has 3 amide bonds.